The van der Waals surface area contributed by atoms with Crippen LogP contribution >= 0.6 is 23.2 Å². The van der Waals surface area contributed by atoms with Crippen LogP contribution < -0.4 is 14.8 Å². The van der Waals surface area contributed by atoms with Crippen molar-refractivity contribution in [3.8, 4) is 11.5 Å². The number of ether oxygens (including phenoxy) is 3. The van der Waals surface area contributed by atoms with Gasteiger partial charge in [-0.25, -0.2) is 0 Å². The minimum absolute atomic E-state index is 0.184. The van der Waals surface area contributed by atoms with E-state index in [2.05, 4.69) is 10.3 Å². The van der Waals surface area contributed by atoms with Gasteiger partial charge in [-0.15, -0.1) is 0 Å². The molecule has 27 heavy (non-hydrogen) atoms. The van der Waals surface area contributed by atoms with E-state index >= 15 is 0 Å². The quantitative estimate of drug-likeness (QED) is 0.631. The Morgan fingerprint density at radius 2 is 1.93 bits per heavy atom. The summed E-state index contributed by atoms with van der Waals surface area (Å²) < 4.78 is 16.0. The molecule has 0 bridgehead atoms. The lowest BCUT2D eigenvalue weighted by atomic mass is 10.2. The van der Waals surface area contributed by atoms with Gasteiger partial charge in [-0.3, -0.25) is 9.78 Å². The lowest BCUT2D eigenvalue weighted by Crippen LogP contribution is -2.13. The van der Waals surface area contributed by atoms with Gasteiger partial charge < -0.3 is 19.5 Å². The minimum Gasteiger partial charge on any atom is -0.493 e. The Balaban J connectivity index is 2.19. The third-order valence-electron chi connectivity index (χ3n) is 3.55. The molecule has 1 N–H and O–H groups in total. The van der Waals surface area contributed by atoms with Crippen LogP contribution in [0.2, 0.25) is 10.0 Å². The number of anilines is 1. The molecule has 1 aromatic carbocycles. The molecule has 0 saturated carbocycles. The Morgan fingerprint density at radius 3 is 2.56 bits per heavy atom. The van der Waals surface area contributed by atoms with E-state index in [-0.39, 0.29) is 16.0 Å². The molecule has 0 aliphatic rings. The Bertz CT molecular complexity index is 807. The van der Waals surface area contributed by atoms with Crippen LogP contribution in [0.15, 0.2) is 42.9 Å². The second-order valence-corrected chi connectivity index (χ2v) is 6.49. The summed E-state index contributed by atoms with van der Waals surface area (Å²) in [6, 6.07) is 4.83. The Kier molecular flexibility index (Phi) is 7.91. The molecule has 1 atom stereocenters. The molecule has 0 saturated heterocycles. The molecule has 0 radical (unpaired) electrons. The van der Waals surface area contributed by atoms with Gasteiger partial charge in [0.1, 0.15) is 0 Å². The normalized spacial score (nSPS) is 12.0. The van der Waals surface area contributed by atoms with Crippen LogP contribution in [-0.2, 0) is 4.74 Å². The first-order chi connectivity index (χ1) is 13.0. The average molecular weight is 411 g/mol. The van der Waals surface area contributed by atoms with Gasteiger partial charge in [0.15, 0.2) is 11.5 Å². The molecular formula is C19H20Cl2N2O4. The maximum atomic E-state index is 12.6. The maximum Gasteiger partial charge on any atom is 0.255 e. The van der Waals surface area contributed by atoms with Gasteiger partial charge in [0.25, 0.3) is 5.91 Å². The first-order valence-corrected chi connectivity index (χ1v) is 8.82. The van der Waals surface area contributed by atoms with Crippen LogP contribution in [-0.4, -0.2) is 31.7 Å². The zero-order chi connectivity index (χ0) is 19.8. The van der Waals surface area contributed by atoms with Crippen LogP contribution in [0.1, 0.15) is 17.3 Å². The van der Waals surface area contributed by atoms with E-state index < -0.39 is 5.91 Å². The number of amides is 1. The molecule has 1 aromatic heterocycles. The summed E-state index contributed by atoms with van der Waals surface area (Å²) in [5, 5.41) is 3.17. The third-order valence-corrected chi connectivity index (χ3v) is 4.12. The molecule has 0 spiro atoms. The van der Waals surface area contributed by atoms with Crippen molar-refractivity contribution in [2.24, 2.45) is 5.92 Å². The molecule has 0 aliphatic heterocycles. The molecule has 6 nitrogen and oxygen atoms in total. The van der Waals surface area contributed by atoms with Gasteiger partial charge in [-0.2, -0.15) is 0 Å². The van der Waals surface area contributed by atoms with Crippen molar-refractivity contribution in [3.05, 3.63) is 58.5 Å². The first kappa shape index (κ1) is 21.0. The summed E-state index contributed by atoms with van der Waals surface area (Å²) in [6.45, 7) is 2.57. The summed E-state index contributed by atoms with van der Waals surface area (Å²) in [5.74, 6) is 0.686. The lowest BCUT2D eigenvalue weighted by molar-refractivity contribution is 0.102. The number of aromatic nitrogens is 1. The largest absolute Gasteiger partial charge is 0.493 e. The SMILES string of the molecule is COCC(C)C=COc1cc(C(=O)Nc2c(Cl)cncc2Cl)ccc1OC. The molecule has 0 aliphatic carbocycles. The standard InChI is InChI=1S/C19H20Cl2N2O4/c1-12(11-25-2)6-7-27-17-8-13(4-5-16(17)26-3)19(24)23-18-14(20)9-22-10-15(18)21/h4-10,12H,11H2,1-3H3,(H,22,23,24). The average Bonchev–Trinajstić information content (AvgIpc) is 2.65. The van der Waals surface area contributed by atoms with Gasteiger partial charge in [-0.05, 0) is 24.3 Å². The molecule has 2 aromatic rings. The summed E-state index contributed by atoms with van der Waals surface area (Å²) in [5.41, 5.74) is 0.651. The summed E-state index contributed by atoms with van der Waals surface area (Å²) in [4.78, 5) is 16.4. The van der Waals surface area contributed by atoms with Crippen molar-refractivity contribution in [1.82, 2.24) is 4.98 Å². The maximum absolute atomic E-state index is 12.6. The number of rotatable bonds is 8. The highest BCUT2D eigenvalue weighted by molar-refractivity contribution is 6.39. The Hall–Kier alpha value is -2.28. The number of pyridine rings is 1. The van der Waals surface area contributed by atoms with E-state index in [1.54, 1.807) is 31.6 Å². The number of hydrogen-bond acceptors (Lipinski definition) is 5. The number of benzene rings is 1. The number of nitrogens with zero attached hydrogens (tertiary/aromatic N) is 1. The van der Waals surface area contributed by atoms with E-state index in [0.717, 1.165) is 0 Å². The zero-order valence-corrected chi connectivity index (χ0v) is 16.7. The van der Waals surface area contributed by atoms with Crippen LogP contribution in [0.25, 0.3) is 0 Å². The van der Waals surface area contributed by atoms with Crippen molar-refractivity contribution < 1.29 is 19.0 Å². The molecule has 0 fully saturated rings. The van der Waals surface area contributed by atoms with Crippen molar-refractivity contribution in [1.29, 1.82) is 0 Å². The van der Waals surface area contributed by atoms with Crippen molar-refractivity contribution in [3.63, 3.8) is 0 Å². The second-order valence-electron chi connectivity index (χ2n) is 5.68. The fourth-order valence-electron chi connectivity index (χ4n) is 2.19. The topological polar surface area (TPSA) is 69.7 Å². The smallest absolute Gasteiger partial charge is 0.255 e. The number of hydrogen-bond donors (Lipinski definition) is 1. The third kappa shape index (κ3) is 5.85. The predicted octanol–water partition coefficient (Wildman–Crippen LogP) is 4.82. The van der Waals surface area contributed by atoms with Gasteiger partial charge in [0.05, 0.1) is 35.7 Å². The minimum atomic E-state index is -0.394. The van der Waals surface area contributed by atoms with Crippen LogP contribution in [0, 0.1) is 5.92 Å². The Morgan fingerprint density at radius 1 is 1.22 bits per heavy atom. The number of carbonyl (C=O) groups is 1. The first-order valence-electron chi connectivity index (χ1n) is 8.07. The molecule has 2 rings (SSSR count). The lowest BCUT2D eigenvalue weighted by Gasteiger charge is -2.12. The van der Waals surface area contributed by atoms with Crippen LogP contribution in [0.4, 0.5) is 5.69 Å². The van der Waals surface area contributed by atoms with E-state index in [1.165, 1.54) is 19.5 Å². The summed E-state index contributed by atoms with van der Waals surface area (Å²) in [6.07, 6.45) is 6.20. The second kappa shape index (κ2) is 10.2. The van der Waals surface area contributed by atoms with Crippen molar-refractivity contribution in [2.75, 3.05) is 26.1 Å². The van der Waals surface area contributed by atoms with E-state index in [4.69, 9.17) is 37.4 Å². The van der Waals surface area contributed by atoms with E-state index in [9.17, 15) is 4.79 Å². The highest BCUT2D eigenvalue weighted by Crippen LogP contribution is 2.31. The fraction of sp³-hybridized carbons (Fsp3) is 0.263. The predicted molar refractivity (Wildman–Crippen MR) is 106 cm³/mol. The molecule has 1 amide bonds. The molecule has 1 heterocycles. The van der Waals surface area contributed by atoms with E-state index in [1.807, 2.05) is 13.0 Å². The van der Waals surface area contributed by atoms with Gasteiger partial charge >= 0.3 is 0 Å². The van der Waals surface area contributed by atoms with Crippen molar-refractivity contribution >= 4 is 34.8 Å². The van der Waals surface area contributed by atoms with Crippen LogP contribution in [0.5, 0.6) is 11.5 Å². The highest BCUT2D eigenvalue weighted by atomic mass is 35.5. The van der Waals surface area contributed by atoms with E-state index in [0.29, 0.717) is 29.4 Å². The molecule has 1 unspecified atom stereocenters. The van der Waals surface area contributed by atoms with Crippen LogP contribution in [0.3, 0.4) is 0 Å². The summed E-state index contributed by atoms with van der Waals surface area (Å²) in [7, 11) is 3.16. The van der Waals surface area contributed by atoms with Gasteiger partial charge in [-0.1, -0.05) is 30.1 Å². The number of nitrogens with one attached hydrogen (secondary N) is 1. The highest BCUT2D eigenvalue weighted by Gasteiger charge is 2.14. The van der Waals surface area contributed by atoms with Gasteiger partial charge in [0.2, 0.25) is 0 Å². The number of carbonyl (C=O) groups excluding carboxylic acids is 1. The molecular weight excluding hydrogens is 391 g/mol. The van der Waals surface area contributed by atoms with Crippen molar-refractivity contribution in [2.45, 2.75) is 6.92 Å². The summed E-state index contributed by atoms with van der Waals surface area (Å²) >= 11 is 12.1. The monoisotopic (exact) mass is 410 g/mol. The number of methoxy groups -OCH3 is 2. The number of halogens is 2. The zero-order valence-electron chi connectivity index (χ0n) is 15.2. The Labute approximate surface area is 168 Å². The van der Waals surface area contributed by atoms with Gasteiger partial charge in [0, 0.05) is 31.0 Å². The molecule has 144 valence electrons. The molecule has 8 heteroatoms. The fourth-order valence-corrected chi connectivity index (χ4v) is 2.65.